The molecular formula is C33H24N2O. The van der Waals surface area contributed by atoms with E-state index in [-0.39, 0.29) is 5.41 Å². The van der Waals surface area contributed by atoms with Gasteiger partial charge in [-0.3, -0.25) is 0 Å². The van der Waals surface area contributed by atoms with Gasteiger partial charge in [0.1, 0.15) is 11.5 Å². The molecule has 0 saturated heterocycles. The van der Waals surface area contributed by atoms with Gasteiger partial charge in [-0.05, 0) is 53.4 Å². The van der Waals surface area contributed by atoms with Crippen LogP contribution >= 0.6 is 0 Å². The largest absolute Gasteiger partial charge is 0.457 e. The summed E-state index contributed by atoms with van der Waals surface area (Å²) in [7, 11) is 2.14. The van der Waals surface area contributed by atoms with Crippen molar-refractivity contribution in [1.29, 1.82) is 0 Å². The van der Waals surface area contributed by atoms with Crippen LogP contribution in [0.25, 0.3) is 39.4 Å². The summed E-state index contributed by atoms with van der Waals surface area (Å²) in [6.07, 6.45) is 4.41. The van der Waals surface area contributed by atoms with Crippen molar-refractivity contribution in [2.75, 3.05) is 18.5 Å². The van der Waals surface area contributed by atoms with Crippen LogP contribution in [-0.4, -0.2) is 18.6 Å². The topological polar surface area (TPSA) is 25.4 Å². The van der Waals surface area contributed by atoms with Crippen LogP contribution in [0.5, 0.6) is 11.5 Å². The Morgan fingerprint density at radius 1 is 0.833 bits per heavy atom. The predicted octanol–water partition coefficient (Wildman–Crippen LogP) is 7.81. The molecule has 0 saturated carbocycles. The highest BCUT2D eigenvalue weighted by atomic mass is 16.5. The second-order valence-corrected chi connectivity index (χ2v) is 10.2. The van der Waals surface area contributed by atoms with Crippen LogP contribution in [0.3, 0.4) is 0 Å². The summed E-state index contributed by atoms with van der Waals surface area (Å²) in [4.78, 5) is 7.52. The Bertz CT molecular complexity index is 1780. The van der Waals surface area contributed by atoms with Gasteiger partial charge in [-0.2, -0.15) is 0 Å². The minimum Gasteiger partial charge on any atom is -0.457 e. The van der Waals surface area contributed by atoms with Crippen LogP contribution in [0.15, 0.2) is 91.0 Å². The zero-order valence-corrected chi connectivity index (χ0v) is 20.2. The average Bonchev–Trinajstić information content (AvgIpc) is 3.18. The summed E-state index contributed by atoms with van der Waals surface area (Å²) in [6, 6.07) is 30.5. The number of pyridine rings is 1. The van der Waals surface area contributed by atoms with Gasteiger partial charge in [0.15, 0.2) is 0 Å². The van der Waals surface area contributed by atoms with Crippen LogP contribution < -0.4 is 9.64 Å². The molecule has 1 atom stereocenters. The fourth-order valence-corrected chi connectivity index (χ4v) is 6.52. The van der Waals surface area contributed by atoms with E-state index < -0.39 is 0 Å². The predicted molar refractivity (Wildman–Crippen MR) is 147 cm³/mol. The van der Waals surface area contributed by atoms with E-state index in [9.17, 15) is 0 Å². The number of aromatic nitrogens is 1. The molecule has 0 spiro atoms. The molecule has 2 aliphatic heterocycles. The van der Waals surface area contributed by atoms with E-state index in [2.05, 4.69) is 116 Å². The van der Waals surface area contributed by atoms with Crippen LogP contribution in [0, 0.1) is 0 Å². The van der Waals surface area contributed by atoms with Gasteiger partial charge in [-0.1, -0.05) is 72.8 Å². The van der Waals surface area contributed by atoms with Gasteiger partial charge in [-0.25, -0.2) is 4.98 Å². The second kappa shape index (κ2) is 6.86. The van der Waals surface area contributed by atoms with E-state index >= 15 is 0 Å². The quantitative estimate of drug-likeness (QED) is 0.253. The van der Waals surface area contributed by atoms with E-state index in [0.29, 0.717) is 0 Å². The van der Waals surface area contributed by atoms with Gasteiger partial charge in [-0.15, -0.1) is 0 Å². The van der Waals surface area contributed by atoms with E-state index in [4.69, 9.17) is 9.72 Å². The summed E-state index contributed by atoms with van der Waals surface area (Å²) in [6.45, 7) is 3.25. The molecule has 0 amide bonds. The number of ether oxygens (including phenoxy) is 1. The van der Waals surface area contributed by atoms with E-state index in [1.807, 2.05) is 0 Å². The maximum Gasteiger partial charge on any atom is 0.132 e. The molecule has 1 aromatic heterocycles. The molecule has 0 N–H and O–H groups in total. The van der Waals surface area contributed by atoms with Gasteiger partial charge >= 0.3 is 0 Å². The SMILES string of the molecule is CN1CC=Cc2ccc3ccc(-c4ccc5c(c4)C4(C)c6ccccc6Oc6cccc-5c64)nc3c21. The fourth-order valence-electron chi connectivity index (χ4n) is 6.52. The highest BCUT2D eigenvalue weighted by molar-refractivity contribution is 5.98. The minimum absolute atomic E-state index is 0.271. The van der Waals surface area contributed by atoms with Gasteiger partial charge in [0, 0.05) is 35.7 Å². The fraction of sp³-hybridized carbons (Fsp3) is 0.121. The molecule has 1 unspecified atom stereocenters. The molecule has 4 aromatic carbocycles. The summed E-state index contributed by atoms with van der Waals surface area (Å²) >= 11 is 0. The summed E-state index contributed by atoms with van der Waals surface area (Å²) in [5, 5.41) is 1.17. The Morgan fingerprint density at radius 3 is 2.64 bits per heavy atom. The van der Waals surface area contributed by atoms with E-state index in [1.165, 1.54) is 44.5 Å². The maximum atomic E-state index is 6.37. The number of hydrogen-bond donors (Lipinski definition) is 0. The first-order valence-electron chi connectivity index (χ1n) is 12.5. The molecule has 0 fully saturated rings. The van der Waals surface area contributed by atoms with Crippen LogP contribution in [0.2, 0.25) is 0 Å². The molecule has 5 aromatic rings. The molecule has 0 bridgehead atoms. The van der Waals surface area contributed by atoms with Crippen molar-refractivity contribution in [3.8, 4) is 33.9 Å². The maximum absolute atomic E-state index is 6.37. The zero-order valence-electron chi connectivity index (χ0n) is 20.2. The molecule has 3 aliphatic rings. The lowest BCUT2D eigenvalue weighted by molar-refractivity contribution is 0.431. The van der Waals surface area contributed by atoms with Crippen molar-refractivity contribution >= 4 is 22.7 Å². The summed E-state index contributed by atoms with van der Waals surface area (Å²) in [5.41, 5.74) is 11.7. The lowest BCUT2D eigenvalue weighted by atomic mass is 9.72. The number of fused-ring (bicyclic) bond motifs is 8. The van der Waals surface area contributed by atoms with Crippen molar-refractivity contribution in [1.82, 2.24) is 4.98 Å². The highest BCUT2D eigenvalue weighted by Crippen LogP contribution is 2.60. The molecule has 3 nitrogen and oxygen atoms in total. The number of likely N-dealkylation sites (N-methyl/N-ethyl adjacent to an activating group) is 1. The molecule has 0 radical (unpaired) electrons. The van der Waals surface area contributed by atoms with Crippen molar-refractivity contribution in [2.45, 2.75) is 12.3 Å². The van der Waals surface area contributed by atoms with Crippen molar-refractivity contribution < 1.29 is 4.74 Å². The number of rotatable bonds is 1. The van der Waals surface area contributed by atoms with Crippen LogP contribution in [0.4, 0.5) is 5.69 Å². The smallest absolute Gasteiger partial charge is 0.132 e. The average molecular weight is 465 g/mol. The Morgan fingerprint density at radius 2 is 1.69 bits per heavy atom. The van der Waals surface area contributed by atoms with Crippen molar-refractivity contribution in [3.05, 3.63) is 113 Å². The Balaban J connectivity index is 1.36. The Hall–Kier alpha value is -4.37. The third-order valence-corrected chi connectivity index (χ3v) is 8.24. The number of hydrogen-bond acceptors (Lipinski definition) is 3. The van der Waals surface area contributed by atoms with Gasteiger partial charge in [0.05, 0.1) is 22.3 Å². The van der Waals surface area contributed by atoms with Gasteiger partial charge in [0.2, 0.25) is 0 Å². The third-order valence-electron chi connectivity index (χ3n) is 8.24. The minimum atomic E-state index is -0.271. The van der Waals surface area contributed by atoms with Crippen molar-refractivity contribution in [3.63, 3.8) is 0 Å². The summed E-state index contributed by atoms with van der Waals surface area (Å²) in [5.74, 6) is 1.90. The first kappa shape index (κ1) is 19.9. The highest BCUT2D eigenvalue weighted by Gasteiger charge is 2.47. The van der Waals surface area contributed by atoms with Crippen LogP contribution in [0.1, 0.15) is 29.2 Å². The molecular weight excluding hydrogens is 440 g/mol. The monoisotopic (exact) mass is 464 g/mol. The number of anilines is 1. The van der Waals surface area contributed by atoms with Crippen LogP contribution in [-0.2, 0) is 5.41 Å². The van der Waals surface area contributed by atoms with Gasteiger partial charge < -0.3 is 9.64 Å². The number of para-hydroxylation sites is 1. The normalized spacial score (nSPS) is 18.3. The first-order valence-corrected chi connectivity index (χ1v) is 12.5. The Kier molecular flexibility index (Phi) is 3.79. The lowest BCUT2D eigenvalue weighted by Gasteiger charge is -2.35. The summed E-state index contributed by atoms with van der Waals surface area (Å²) < 4.78 is 6.37. The number of benzene rings is 4. The molecule has 172 valence electrons. The molecule has 3 heterocycles. The third kappa shape index (κ3) is 2.45. The Labute approximate surface area is 210 Å². The second-order valence-electron chi connectivity index (χ2n) is 10.2. The van der Waals surface area contributed by atoms with E-state index in [1.54, 1.807) is 0 Å². The molecule has 36 heavy (non-hydrogen) atoms. The van der Waals surface area contributed by atoms with Gasteiger partial charge in [0.25, 0.3) is 0 Å². The lowest BCUT2D eigenvalue weighted by Crippen LogP contribution is -2.26. The van der Waals surface area contributed by atoms with E-state index in [0.717, 1.165) is 34.8 Å². The first-order chi connectivity index (χ1) is 17.6. The molecule has 1 aliphatic carbocycles. The standard InChI is InChI=1S/C33H24N2O/c1-33-25-9-3-4-10-28(25)36-29-11-5-8-24(30(29)33)23-16-14-22(19-26(23)33)27-17-15-20-12-13-21-7-6-18-35(2)32(21)31(20)34-27/h3-17,19H,18H2,1-2H3. The van der Waals surface area contributed by atoms with Crippen molar-refractivity contribution in [2.24, 2.45) is 0 Å². The zero-order chi connectivity index (χ0) is 24.0. The molecule has 8 rings (SSSR count). The molecule has 3 heteroatoms. The number of nitrogens with zero attached hydrogens (tertiary/aromatic N) is 2.